The molecule has 1 heterocycles. The summed E-state index contributed by atoms with van der Waals surface area (Å²) in [5.74, 6) is 0.920. The van der Waals surface area contributed by atoms with Crippen molar-refractivity contribution in [3.8, 4) is 0 Å². The Bertz CT molecular complexity index is 485. The molecule has 2 rings (SSSR count). The number of methoxy groups -OCH3 is 1. The van der Waals surface area contributed by atoms with Gasteiger partial charge in [-0.2, -0.15) is 5.10 Å². The van der Waals surface area contributed by atoms with Crippen LogP contribution < -0.4 is 0 Å². The van der Waals surface area contributed by atoms with E-state index in [4.69, 9.17) is 4.74 Å². The predicted molar refractivity (Wildman–Crippen MR) is 83.4 cm³/mol. The van der Waals surface area contributed by atoms with Crippen molar-refractivity contribution in [3.05, 3.63) is 17.5 Å². The number of carbonyl (C=O) groups excluding carboxylic acids is 1. The SMILES string of the molecule is CCc1cc(CC(=O)C2(OC)CCC(C)CC2)n(CC)n1. The highest BCUT2D eigenvalue weighted by molar-refractivity contribution is 5.89. The second-order valence-corrected chi connectivity index (χ2v) is 6.28. The maximum Gasteiger partial charge on any atom is 0.170 e. The van der Waals surface area contributed by atoms with Crippen LogP contribution in [0.1, 0.15) is 57.8 Å². The zero-order chi connectivity index (χ0) is 15.5. The second-order valence-electron chi connectivity index (χ2n) is 6.28. The van der Waals surface area contributed by atoms with Crippen LogP contribution in [0.2, 0.25) is 0 Å². The molecule has 1 aliphatic rings. The fourth-order valence-electron chi connectivity index (χ4n) is 3.25. The maximum absolute atomic E-state index is 12.8. The molecule has 1 fully saturated rings. The van der Waals surface area contributed by atoms with Crippen molar-refractivity contribution in [2.24, 2.45) is 5.92 Å². The molecule has 1 aliphatic carbocycles. The highest BCUT2D eigenvalue weighted by Crippen LogP contribution is 2.35. The van der Waals surface area contributed by atoms with Crippen molar-refractivity contribution in [1.82, 2.24) is 9.78 Å². The van der Waals surface area contributed by atoms with Gasteiger partial charge < -0.3 is 4.74 Å². The summed E-state index contributed by atoms with van der Waals surface area (Å²) in [7, 11) is 1.68. The summed E-state index contributed by atoms with van der Waals surface area (Å²) in [6, 6.07) is 2.07. The minimum absolute atomic E-state index is 0.217. The zero-order valence-corrected chi connectivity index (χ0v) is 13.8. The fraction of sp³-hybridized carbons (Fsp3) is 0.765. The lowest BCUT2D eigenvalue weighted by molar-refractivity contribution is -0.145. The Morgan fingerprint density at radius 2 is 2.10 bits per heavy atom. The number of rotatable bonds is 6. The number of carbonyl (C=O) groups is 1. The van der Waals surface area contributed by atoms with Crippen LogP contribution in [-0.4, -0.2) is 28.3 Å². The van der Waals surface area contributed by atoms with Crippen LogP contribution in [0.25, 0.3) is 0 Å². The van der Waals surface area contributed by atoms with E-state index in [9.17, 15) is 4.79 Å². The summed E-state index contributed by atoms with van der Waals surface area (Å²) < 4.78 is 7.64. The Morgan fingerprint density at radius 3 is 2.62 bits per heavy atom. The van der Waals surface area contributed by atoms with E-state index in [1.165, 1.54) is 0 Å². The molecule has 4 heteroatoms. The third kappa shape index (κ3) is 3.37. The molecule has 1 saturated carbocycles. The van der Waals surface area contributed by atoms with Crippen LogP contribution in [-0.2, 0) is 28.9 Å². The van der Waals surface area contributed by atoms with Crippen molar-refractivity contribution < 1.29 is 9.53 Å². The lowest BCUT2D eigenvalue weighted by Crippen LogP contribution is -2.45. The van der Waals surface area contributed by atoms with Gasteiger partial charge in [0.1, 0.15) is 5.60 Å². The molecule has 0 atom stereocenters. The number of nitrogens with zero attached hydrogens (tertiary/aromatic N) is 2. The molecule has 0 bridgehead atoms. The van der Waals surface area contributed by atoms with Crippen molar-refractivity contribution >= 4 is 5.78 Å². The summed E-state index contributed by atoms with van der Waals surface area (Å²) in [4.78, 5) is 12.8. The highest BCUT2D eigenvalue weighted by Gasteiger charge is 2.40. The normalized spacial score (nSPS) is 26.0. The number of hydrogen-bond acceptors (Lipinski definition) is 3. The van der Waals surface area contributed by atoms with Crippen LogP contribution in [0.5, 0.6) is 0 Å². The first-order chi connectivity index (χ1) is 10.0. The summed E-state index contributed by atoms with van der Waals surface area (Å²) in [6.45, 7) is 7.21. The van der Waals surface area contributed by atoms with Crippen molar-refractivity contribution in [3.63, 3.8) is 0 Å². The molecule has 118 valence electrons. The maximum atomic E-state index is 12.8. The number of aryl methyl sites for hydroxylation is 2. The van der Waals surface area contributed by atoms with Gasteiger partial charge in [0.05, 0.1) is 12.1 Å². The van der Waals surface area contributed by atoms with E-state index in [-0.39, 0.29) is 5.78 Å². The molecule has 0 aliphatic heterocycles. The Balaban J connectivity index is 2.14. The van der Waals surface area contributed by atoms with Crippen LogP contribution in [0.3, 0.4) is 0 Å². The minimum Gasteiger partial charge on any atom is -0.370 e. The molecule has 0 spiro atoms. The van der Waals surface area contributed by atoms with Gasteiger partial charge in [0.15, 0.2) is 5.78 Å². The molecule has 0 aromatic carbocycles. The Morgan fingerprint density at radius 1 is 1.43 bits per heavy atom. The number of ketones is 1. The summed E-state index contributed by atoms with van der Waals surface area (Å²) >= 11 is 0. The van der Waals surface area contributed by atoms with Gasteiger partial charge in [-0.05, 0) is 51.0 Å². The van der Waals surface area contributed by atoms with Gasteiger partial charge in [-0.3, -0.25) is 9.48 Å². The van der Waals surface area contributed by atoms with E-state index < -0.39 is 5.60 Å². The topological polar surface area (TPSA) is 44.1 Å². The van der Waals surface area contributed by atoms with Gasteiger partial charge in [-0.15, -0.1) is 0 Å². The monoisotopic (exact) mass is 292 g/mol. The lowest BCUT2D eigenvalue weighted by atomic mass is 9.76. The van der Waals surface area contributed by atoms with Crippen LogP contribution in [0.4, 0.5) is 0 Å². The molecule has 0 N–H and O–H groups in total. The molecular formula is C17H28N2O2. The van der Waals surface area contributed by atoms with E-state index >= 15 is 0 Å². The summed E-state index contributed by atoms with van der Waals surface area (Å²) in [6.07, 6.45) is 5.19. The molecule has 0 unspecified atom stereocenters. The number of hydrogen-bond donors (Lipinski definition) is 0. The molecule has 21 heavy (non-hydrogen) atoms. The zero-order valence-electron chi connectivity index (χ0n) is 13.8. The van der Waals surface area contributed by atoms with E-state index in [0.717, 1.165) is 50.0 Å². The molecule has 1 aromatic rings. The molecule has 0 saturated heterocycles. The largest absolute Gasteiger partial charge is 0.370 e. The second kappa shape index (κ2) is 6.73. The van der Waals surface area contributed by atoms with Crippen molar-refractivity contribution in [1.29, 1.82) is 0 Å². The fourth-order valence-corrected chi connectivity index (χ4v) is 3.25. The predicted octanol–water partition coefficient (Wildman–Crippen LogP) is 3.17. The van der Waals surface area contributed by atoms with E-state index in [1.807, 2.05) is 4.68 Å². The van der Waals surface area contributed by atoms with E-state index in [0.29, 0.717) is 12.3 Å². The summed E-state index contributed by atoms with van der Waals surface area (Å²) in [5, 5.41) is 4.53. The van der Waals surface area contributed by atoms with Crippen LogP contribution >= 0.6 is 0 Å². The van der Waals surface area contributed by atoms with E-state index in [1.54, 1.807) is 7.11 Å². The first-order valence-corrected chi connectivity index (χ1v) is 8.18. The number of aromatic nitrogens is 2. The van der Waals surface area contributed by atoms with Gasteiger partial charge in [-0.1, -0.05) is 13.8 Å². The first kappa shape index (κ1) is 16.2. The van der Waals surface area contributed by atoms with Gasteiger partial charge in [-0.25, -0.2) is 0 Å². The molecule has 4 nitrogen and oxygen atoms in total. The third-order valence-electron chi connectivity index (χ3n) is 4.90. The average Bonchev–Trinajstić information content (AvgIpc) is 2.90. The van der Waals surface area contributed by atoms with Gasteiger partial charge >= 0.3 is 0 Å². The molecule has 0 radical (unpaired) electrons. The molecular weight excluding hydrogens is 264 g/mol. The van der Waals surface area contributed by atoms with Crippen molar-refractivity contribution in [2.75, 3.05) is 7.11 Å². The average molecular weight is 292 g/mol. The van der Waals surface area contributed by atoms with Crippen molar-refractivity contribution in [2.45, 2.75) is 71.4 Å². The molecule has 0 amide bonds. The van der Waals surface area contributed by atoms with Gasteiger partial charge in [0.25, 0.3) is 0 Å². The molecule has 1 aromatic heterocycles. The summed E-state index contributed by atoms with van der Waals surface area (Å²) in [5.41, 5.74) is 1.51. The van der Waals surface area contributed by atoms with E-state index in [2.05, 4.69) is 31.9 Å². The lowest BCUT2D eigenvalue weighted by Gasteiger charge is -2.37. The number of Topliss-reactive ketones (excluding diaryl/α,β-unsaturated/α-hetero) is 1. The van der Waals surface area contributed by atoms with Crippen LogP contribution in [0.15, 0.2) is 6.07 Å². The highest BCUT2D eigenvalue weighted by atomic mass is 16.5. The Hall–Kier alpha value is -1.16. The van der Waals surface area contributed by atoms with Crippen LogP contribution in [0, 0.1) is 5.92 Å². The third-order valence-corrected chi connectivity index (χ3v) is 4.90. The van der Waals surface area contributed by atoms with Gasteiger partial charge in [0, 0.05) is 19.3 Å². The Kier molecular flexibility index (Phi) is 5.20. The van der Waals surface area contributed by atoms with Gasteiger partial charge in [0.2, 0.25) is 0 Å². The smallest absolute Gasteiger partial charge is 0.170 e. The Labute approximate surface area is 127 Å². The quantitative estimate of drug-likeness (QED) is 0.809. The number of ether oxygens (including phenoxy) is 1. The minimum atomic E-state index is -0.568. The standard InChI is InChI=1S/C17H28N2O2/c1-5-14-11-15(19(6-2)18-14)12-16(20)17(21-4)9-7-13(3)8-10-17/h11,13H,5-10,12H2,1-4H3. The first-order valence-electron chi connectivity index (χ1n) is 8.18.